The number of hydrogen-bond donors (Lipinski definition) is 4. The van der Waals surface area contributed by atoms with Gasteiger partial charge in [0.1, 0.15) is 22.8 Å². The van der Waals surface area contributed by atoms with Gasteiger partial charge in [-0.25, -0.2) is 9.59 Å². The zero-order valence-electron chi connectivity index (χ0n) is 24.3. The Morgan fingerprint density at radius 2 is 1.27 bits per heavy atom. The highest BCUT2D eigenvalue weighted by Crippen LogP contribution is 2.19. The van der Waals surface area contributed by atoms with Crippen LogP contribution in [0, 0.1) is 0 Å². The van der Waals surface area contributed by atoms with E-state index in [4.69, 9.17) is 20.9 Å². The van der Waals surface area contributed by atoms with Crippen molar-refractivity contribution < 1.29 is 23.9 Å². The summed E-state index contributed by atoms with van der Waals surface area (Å²) in [6.45, 7) is 16.6. The van der Waals surface area contributed by atoms with Gasteiger partial charge in [-0.05, 0) is 101 Å². The maximum atomic E-state index is 13.5. The highest BCUT2D eigenvalue weighted by molar-refractivity contribution is 5.92. The lowest BCUT2D eigenvalue weighted by atomic mass is 9.93. The number of nitrogens with two attached hydrogens (primary N) is 2. The molecule has 2 atom stereocenters. The maximum absolute atomic E-state index is 13.5. The fourth-order valence-corrected chi connectivity index (χ4v) is 3.26. The molecule has 0 aromatic heterocycles. The van der Waals surface area contributed by atoms with Crippen molar-refractivity contribution in [1.82, 2.24) is 10.6 Å². The molecule has 0 radical (unpaired) electrons. The molecule has 214 valence electrons. The van der Waals surface area contributed by atoms with Gasteiger partial charge in [-0.2, -0.15) is 0 Å². The van der Waals surface area contributed by atoms with Crippen LogP contribution >= 0.6 is 0 Å². The molecule has 37 heavy (non-hydrogen) atoms. The first kappa shape index (κ1) is 34.1. The Labute approximate surface area is 222 Å². The van der Waals surface area contributed by atoms with Gasteiger partial charge in [0.05, 0.1) is 11.7 Å². The summed E-state index contributed by atoms with van der Waals surface area (Å²) in [5.41, 5.74) is 8.38. The van der Waals surface area contributed by atoms with Crippen LogP contribution in [0.25, 0.3) is 0 Å². The molecule has 0 spiro atoms. The van der Waals surface area contributed by atoms with Gasteiger partial charge in [0.15, 0.2) is 0 Å². The molecule has 0 bridgehead atoms. The van der Waals surface area contributed by atoms with Crippen molar-refractivity contribution in [2.75, 3.05) is 13.1 Å². The molecule has 2 unspecified atom stereocenters. The second-order valence-corrected chi connectivity index (χ2v) is 11.5. The van der Waals surface area contributed by atoms with Crippen molar-refractivity contribution in [3.05, 3.63) is 0 Å². The zero-order chi connectivity index (χ0) is 28.9. The molecular weight excluding hydrogens is 476 g/mol. The van der Waals surface area contributed by atoms with Crippen LogP contribution < -0.4 is 22.1 Å². The van der Waals surface area contributed by atoms with E-state index in [9.17, 15) is 14.4 Å². The van der Waals surface area contributed by atoms with Gasteiger partial charge >= 0.3 is 12.1 Å². The summed E-state index contributed by atoms with van der Waals surface area (Å²) in [5, 5.41) is 5.53. The molecule has 0 saturated carbocycles. The van der Waals surface area contributed by atoms with E-state index in [1.165, 1.54) is 0 Å². The third-order valence-corrected chi connectivity index (χ3v) is 4.98. The second kappa shape index (κ2) is 15.4. The third kappa shape index (κ3) is 17.3. The number of carbonyl (C=O) groups is 3. The molecule has 0 fully saturated rings. The van der Waals surface area contributed by atoms with Crippen LogP contribution in [-0.4, -0.2) is 65.5 Å². The smallest absolute Gasteiger partial charge is 0.408 e. The number of carbonyl (C=O) groups excluding carboxylic acids is 3. The second-order valence-electron chi connectivity index (χ2n) is 11.5. The molecule has 0 heterocycles. The first-order chi connectivity index (χ1) is 16.8. The molecule has 11 nitrogen and oxygen atoms in total. The molecule has 0 aromatic rings. The largest absolute Gasteiger partial charge is 0.458 e. The first-order valence-corrected chi connectivity index (χ1v) is 12.9. The number of nitrogens with one attached hydrogen (secondary N) is 2. The highest BCUT2D eigenvalue weighted by atomic mass is 16.6. The lowest BCUT2D eigenvalue weighted by Gasteiger charge is -2.33. The number of ether oxygens (including phenoxy) is 2. The summed E-state index contributed by atoms with van der Waals surface area (Å²) >= 11 is 0. The minimum atomic E-state index is -1.33. The van der Waals surface area contributed by atoms with Crippen molar-refractivity contribution in [3.8, 4) is 0 Å². The molecule has 0 aromatic carbocycles. The minimum Gasteiger partial charge on any atom is -0.458 e. The number of alkyl carbamates (subject to hydrolysis) is 1. The quantitative estimate of drug-likeness (QED) is 0.116. The Hall–Kier alpha value is -2.85. The molecule has 0 aliphatic heterocycles. The van der Waals surface area contributed by atoms with E-state index in [1.807, 2.05) is 0 Å². The lowest BCUT2D eigenvalue weighted by Crippen LogP contribution is -2.60. The summed E-state index contributed by atoms with van der Waals surface area (Å²) < 4.78 is 10.9. The molecule has 0 aliphatic carbocycles. The molecule has 0 rings (SSSR count). The number of aliphatic imine (C=N–C) groups is 2. The van der Waals surface area contributed by atoms with Gasteiger partial charge in [-0.3, -0.25) is 14.8 Å². The molecule has 0 aliphatic rings. The van der Waals surface area contributed by atoms with Crippen molar-refractivity contribution in [3.63, 3.8) is 0 Å². The number of rotatable bonds is 14. The Morgan fingerprint density at radius 3 is 1.73 bits per heavy atom. The standard InChI is InChI=1S/C26H50N6O5/c1-18(27)29-16-12-10-14-20(21(33)36-24(3,4)5)31-22(34)26(9,15-11-13-17-30-19(2)28)32-23(35)37-25(6,7)8/h20H,10-17H2,1-9H3,(H2,27,29)(H2,28,30)(H,31,34)(H,32,35). The van der Waals surface area contributed by atoms with Crippen LogP contribution in [0.5, 0.6) is 0 Å². The predicted molar refractivity (Wildman–Crippen MR) is 148 cm³/mol. The summed E-state index contributed by atoms with van der Waals surface area (Å²) in [4.78, 5) is 47.4. The lowest BCUT2D eigenvalue weighted by molar-refractivity contribution is -0.159. The Kier molecular flexibility index (Phi) is 14.2. The van der Waals surface area contributed by atoms with Gasteiger partial charge < -0.3 is 31.6 Å². The summed E-state index contributed by atoms with van der Waals surface area (Å²) in [5.74, 6) is -0.0523. The molecule has 0 saturated heterocycles. The minimum absolute atomic E-state index is 0.308. The van der Waals surface area contributed by atoms with Crippen LogP contribution in [0.2, 0.25) is 0 Å². The highest BCUT2D eigenvalue weighted by Gasteiger charge is 2.38. The summed E-state index contributed by atoms with van der Waals surface area (Å²) in [7, 11) is 0. The predicted octanol–water partition coefficient (Wildman–Crippen LogP) is 3.19. The van der Waals surface area contributed by atoms with Crippen molar-refractivity contribution in [2.45, 2.75) is 124 Å². The summed E-state index contributed by atoms with van der Waals surface area (Å²) in [6, 6.07) is -0.890. The number of amidine groups is 2. The van der Waals surface area contributed by atoms with Crippen molar-refractivity contribution in [1.29, 1.82) is 0 Å². The van der Waals surface area contributed by atoms with Gasteiger partial charge in [-0.15, -0.1) is 0 Å². The number of hydrogen-bond acceptors (Lipinski definition) is 7. The van der Waals surface area contributed by atoms with Crippen LogP contribution in [-0.2, 0) is 19.1 Å². The average Bonchev–Trinajstić information content (AvgIpc) is 2.68. The number of unbranched alkanes of at least 4 members (excludes halogenated alkanes) is 2. The maximum Gasteiger partial charge on any atom is 0.408 e. The van der Waals surface area contributed by atoms with E-state index < -0.39 is 40.8 Å². The third-order valence-electron chi connectivity index (χ3n) is 4.98. The van der Waals surface area contributed by atoms with Crippen LogP contribution in [0.1, 0.15) is 101 Å². The fraction of sp³-hybridized carbons (Fsp3) is 0.808. The number of esters is 1. The van der Waals surface area contributed by atoms with E-state index >= 15 is 0 Å². The van der Waals surface area contributed by atoms with Crippen LogP contribution in [0.3, 0.4) is 0 Å². The van der Waals surface area contributed by atoms with E-state index in [2.05, 4.69) is 20.6 Å². The zero-order valence-corrected chi connectivity index (χ0v) is 24.3. The van der Waals surface area contributed by atoms with Crippen LogP contribution in [0.4, 0.5) is 4.79 Å². The van der Waals surface area contributed by atoms with Crippen molar-refractivity contribution >= 4 is 29.6 Å². The molecule has 6 N–H and O–H groups in total. The van der Waals surface area contributed by atoms with Gasteiger partial charge in [0, 0.05) is 13.1 Å². The molecule has 11 heteroatoms. The Balaban J connectivity index is 5.64. The Bertz CT molecular complexity index is 805. The summed E-state index contributed by atoms with van der Waals surface area (Å²) in [6.07, 6.45) is 2.51. The number of nitrogens with zero attached hydrogens (tertiary/aromatic N) is 2. The Morgan fingerprint density at radius 1 is 0.784 bits per heavy atom. The van der Waals surface area contributed by atoms with Gasteiger partial charge in [0.25, 0.3) is 0 Å². The molecule has 2 amide bonds. The SMILES string of the molecule is CC(N)=NCCCCC(NC(=O)C(C)(CCCCN=C(C)N)NC(=O)OC(C)(C)C)C(=O)OC(C)(C)C. The topological polar surface area (TPSA) is 170 Å². The number of amides is 2. The van der Waals surface area contributed by atoms with E-state index in [0.29, 0.717) is 63.3 Å². The van der Waals surface area contributed by atoms with E-state index in [-0.39, 0.29) is 0 Å². The van der Waals surface area contributed by atoms with E-state index in [1.54, 1.807) is 62.3 Å². The van der Waals surface area contributed by atoms with E-state index in [0.717, 1.165) is 0 Å². The first-order valence-electron chi connectivity index (χ1n) is 12.9. The normalized spacial score (nSPS) is 15.4. The van der Waals surface area contributed by atoms with Gasteiger partial charge in [0.2, 0.25) is 5.91 Å². The van der Waals surface area contributed by atoms with Crippen molar-refractivity contribution in [2.24, 2.45) is 21.5 Å². The van der Waals surface area contributed by atoms with Gasteiger partial charge in [-0.1, -0.05) is 0 Å². The average molecular weight is 527 g/mol. The molecular formula is C26H50N6O5. The van der Waals surface area contributed by atoms with Crippen LogP contribution in [0.15, 0.2) is 9.98 Å². The fourth-order valence-electron chi connectivity index (χ4n) is 3.26. The monoisotopic (exact) mass is 526 g/mol.